The van der Waals surface area contributed by atoms with E-state index in [1.807, 2.05) is 0 Å². The SMILES string of the molecule is CCCC1=C(C(C)(C)C)CCCC1. The van der Waals surface area contributed by atoms with Gasteiger partial charge in [-0.1, -0.05) is 45.3 Å². The van der Waals surface area contributed by atoms with Gasteiger partial charge in [0.25, 0.3) is 0 Å². The van der Waals surface area contributed by atoms with Crippen molar-refractivity contribution in [1.29, 1.82) is 0 Å². The predicted octanol–water partition coefficient (Wildman–Crippen LogP) is 4.70. The Labute approximate surface area is 83.4 Å². The first-order valence-electron chi connectivity index (χ1n) is 5.77. The highest BCUT2D eigenvalue weighted by molar-refractivity contribution is 5.22. The summed E-state index contributed by atoms with van der Waals surface area (Å²) >= 11 is 0. The quantitative estimate of drug-likeness (QED) is 0.540. The van der Waals surface area contributed by atoms with Crippen molar-refractivity contribution in [2.24, 2.45) is 5.41 Å². The van der Waals surface area contributed by atoms with Crippen LogP contribution in [0.4, 0.5) is 0 Å². The average molecular weight is 180 g/mol. The van der Waals surface area contributed by atoms with Crippen LogP contribution in [0.5, 0.6) is 0 Å². The molecule has 0 N–H and O–H groups in total. The molecule has 0 bridgehead atoms. The van der Waals surface area contributed by atoms with Crippen molar-refractivity contribution < 1.29 is 0 Å². The molecule has 76 valence electrons. The Morgan fingerprint density at radius 3 is 2.23 bits per heavy atom. The maximum atomic E-state index is 2.36. The summed E-state index contributed by atoms with van der Waals surface area (Å²) in [6, 6.07) is 0. The highest BCUT2D eigenvalue weighted by Gasteiger charge is 2.22. The van der Waals surface area contributed by atoms with Gasteiger partial charge in [-0.3, -0.25) is 0 Å². The summed E-state index contributed by atoms with van der Waals surface area (Å²) in [7, 11) is 0. The van der Waals surface area contributed by atoms with E-state index in [1.165, 1.54) is 38.5 Å². The van der Waals surface area contributed by atoms with E-state index in [2.05, 4.69) is 27.7 Å². The molecule has 1 rings (SSSR count). The molecule has 0 aromatic carbocycles. The van der Waals surface area contributed by atoms with Crippen molar-refractivity contribution in [3.05, 3.63) is 11.1 Å². The summed E-state index contributed by atoms with van der Waals surface area (Å²) in [5.41, 5.74) is 3.96. The first kappa shape index (κ1) is 10.8. The van der Waals surface area contributed by atoms with Crippen molar-refractivity contribution in [3.8, 4) is 0 Å². The van der Waals surface area contributed by atoms with E-state index in [0.717, 1.165) is 0 Å². The minimum atomic E-state index is 0.422. The summed E-state index contributed by atoms with van der Waals surface area (Å²) in [5.74, 6) is 0. The fourth-order valence-corrected chi connectivity index (χ4v) is 2.45. The smallest absolute Gasteiger partial charge is 0.0170 e. The zero-order chi connectivity index (χ0) is 9.90. The molecular formula is C13H24. The molecule has 0 fully saturated rings. The first-order chi connectivity index (χ1) is 6.05. The molecule has 0 atom stereocenters. The monoisotopic (exact) mass is 180 g/mol. The van der Waals surface area contributed by atoms with Gasteiger partial charge >= 0.3 is 0 Å². The van der Waals surface area contributed by atoms with Crippen LogP contribution in [0.1, 0.15) is 66.2 Å². The summed E-state index contributed by atoms with van der Waals surface area (Å²) < 4.78 is 0. The van der Waals surface area contributed by atoms with Crippen LogP contribution in [0.2, 0.25) is 0 Å². The first-order valence-corrected chi connectivity index (χ1v) is 5.77. The van der Waals surface area contributed by atoms with Crippen LogP contribution in [0.15, 0.2) is 11.1 Å². The van der Waals surface area contributed by atoms with Gasteiger partial charge in [-0.2, -0.15) is 0 Å². The predicted molar refractivity (Wildman–Crippen MR) is 59.9 cm³/mol. The van der Waals surface area contributed by atoms with Gasteiger partial charge in [-0.25, -0.2) is 0 Å². The third kappa shape index (κ3) is 2.86. The van der Waals surface area contributed by atoms with E-state index >= 15 is 0 Å². The highest BCUT2D eigenvalue weighted by atomic mass is 14.3. The van der Waals surface area contributed by atoms with Gasteiger partial charge in [-0.15, -0.1) is 0 Å². The van der Waals surface area contributed by atoms with Gasteiger partial charge in [0.05, 0.1) is 0 Å². The second-order valence-corrected chi connectivity index (χ2v) is 5.29. The number of allylic oxidation sites excluding steroid dienone is 2. The van der Waals surface area contributed by atoms with E-state index in [1.54, 1.807) is 11.1 Å². The lowest BCUT2D eigenvalue weighted by Gasteiger charge is -2.30. The lowest BCUT2D eigenvalue weighted by Crippen LogP contribution is -2.15. The largest absolute Gasteiger partial charge is 0.0705 e. The Bertz CT molecular complexity index is 191. The van der Waals surface area contributed by atoms with Crippen LogP contribution in [-0.2, 0) is 0 Å². The van der Waals surface area contributed by atoms with Crippen molar-refractivity contribution in [1.82, 2.24) is 0 Å². The van der Waals surface area contributed by atoms with Crippen LogP contribution in [0, 0.1) is 5.41 Å². The molecule has 1 aliphatic carbocycles. The van der Waals surface area contributed by atoms with Crippen molar-refractivity contribution in [3.63, 3.8) is 0 Å². The summed E-state index contributed by atoms with van der Waals surface area (Å²) in [4.78, 5) is 0. The summed E-state index contributed by atoms with van der Waals surface area (Å²) in [5, 5.41) is 0. The van der Waals surface area contributed by atoms with Gasteiger partial charge in [0, 0.05) is 0 Å². The molecule has 0 heteroatoms. The average Bonchev–Trinajstić information content (AvgIpc) is 2.04. The fraction of sp³-hybridized carbons (Fsp3) is 0.846. The molecule has 1 aliphatic rings. The molecule has 0 saturated heterocycles. The molecule has 0 aromatic rings. The molecule has 0 saturated carbocycles. The lowest BCUT2D eigenvalue weighted by molar-refractivity contribution is 0.444. The molecule has 13 heavy (non-hydrogen) atoms. The normalized spacial score (nSPS) is 19.4. The van der Waals surface area contributed by atoms with E-state index in [4.69, 9.17) is 0 Å². The van der Waals surface area contributed by atoms with E-state index in [-0.39, 0.29) is 0 Å². The number of rotatable bonds is 2. The molecule has 0 aromatic heterocycles. The van der Waals surface area contributed by atoms with Gasteiger partial charge in [-0.05, 0) is 37.5 Å². The van der Waals surface area contributed by atoms with Gasteiger partial charge < -0.3 is 0 Å². The van der Waals surface area contributed by atoms with Crippen molar-refractivity contribution in [2.45, 2.75) is 66.2 Å². The Morgan fingerprint density at radius 2 is 1.69 bits per heavy atom. The maximum absolute atomic E-state index is 2.36. The maximum Gasteiger partial charge on any atom is -0.0170 e. The molecule has 0 radical (unpaired) electrons. The minimum absolute atomic E-state index is 0.422. The van der Waals surface area contributed by atoms with Gasteiger partial charge in [0.2, 0.25) is 0 Å². The molecule has 0 spiro atoms. The second-order valence-electron chi connectivity index (χ2n) is 5.29. The van der Waals surface area contributed by atoms with E-state index < -0.39 is 0 Å². The molecule has 0 heterocycles. The summed E-state index contributed by atoms with van der Waals surface area (Å²) in [6.45, 7) is 9.39. The Hall–Kier alpha value is -0.260. The van der Waals surface area contributed by atoms with Crippen molar-refractivity contribution in [2.75, 3.05) is 0 Å². The zero-order valence-corrected chi connectivity index (χ0v) is 9.74. The highest BCUT2D eigenvalue weighted by Crippen LogP contribution is 2.38. The van der Waals surface area contributed by atoms with Crippen LogP contribution < -0.4 is 0 Å². The zero-order valence-electron chi connectivity index (χ0n) is 9.74. The molecular weight excluding hydrogens is 156 g/mol. The Balaban J connectivity index is 2.83. The fourth-order valence-electron chi connectivity index (χ4n) is 2.45. The van der Waals surface area contributed by atoms with Crippen LogP contribution in [-0.4, -0.2) is 0 Å². The van der Waals surface area contributed by atoms with Gasteiger partial charge in [0.1, 0.15) is 0 Å². The number of hydrogen-bond acceptors (Lipinski definition) is 0. The lowest BCUT2D eigenvalue weighted by atomic mass is 9.75. The third-order valence-electron chi connectivity index (χ3n) is 3.04. The number of hydrogen-bond donors (Lipinski definition) is 0. The molecule has 0 aliphatic heterocycles. The summed E-state index contributed by atoms with van der Waals surface area (Å²) in [6.07, 6.45) is 8.23. The standard InChI is InChI=1S/C13H24/c1-5-8-11-9-6-7-10-12(11)13(2,3)4/h5-10H2,1-4H3. The second kappa shape index (κ2) is 4.30. The van der Waals surface area contributed by atoms with Crippen LogP contribution >= 0.6 is 0 Å². The molecule has 0 amide bonds. The van der Waals surface area contributed by atoms with E-state index in [0.29, 0.717) is 5.41 Å². The molecule has 0 unspecified atom stereocenters. The topological polar surface area (TPSA) is 0 Å². The van der Waals surface area contributed by atoms with Crippen LogP contribution in [0.25, 0.3) is 0 Å². The minimum Gasteiger partial charge on any atom is -0.0705 e. The van der Waals surface area contributed by atoms with Crippen molar-refractivity contribution >= 4 is 0 Å². The Morgan fingerprint density at radius 1 is 1.08 bits per heavy atom. The Kier molecular flexibility index (Phi) is 3.58. The third-order valence-corrected chi connectivity index (χ3v) is 3.04. The molecule has 0 nitrogen and oxygen atoms in total. The van der Waals surface area contributed by atoms with Crippen LogP contribution in [0.3, 0.4) is 0 Å². The van der Waals surface area contributed by atoms with Gasteiger partial charge in [0.15, 0.2) is 0 Å². The van der Waals surface area contributed by atoms with E-state index in [9.17, 15) is 0 Å².